The summed E-state index contributed by atoms with van der Waals surface area (Å²) in [5, 5.41) is 19.7. The number of fused-ring (bicyclic) bond motifs is 1. The summed E-state index contributed by atoms with van der Waals surface area (Å²) in [4.78, 5) is 12.1. The molecule has 1 aromatic heterocycles. The van der Waals surface area contributed by atoms with E-state index in [1.165, 1.54) is 11.3 Å². The lowest BCUT2D eigenvalue weighted by atomic mass is 10.1. The lowest BCUT2D eigenvalue weighted by Gasteiger charge is -2.14. The number of rotatable bonds is 4. The van der Waals surface area contributed by atoms with E-state index >= 15 is 0 Å². The molecule has 5 heteroatoms. The largest absolute Gasteiger partial charge is 0.387 e. The summed E-state index contributed by atoms with van der Waals surface area (Å²) in [6, 6.07) is 9.54. The van der Waals surface area contributed by atoms with E-state index < -0.39 is 6.10 Å². The number of carbonyl (C=O) groups is 1. The van der Waals surface area contributed by atoms with Crippen LogP contribution >= 0.6 is 11.3 Å². The van der Waals surface area contributed by atoms with Crippen LogP contribution in [0.3, 0.4) is 0 Å². The molecule has 1 aliphatic heterocycles. The van der Waals surface area contributed by atoms with E-state index in [0.717, 1.165) is 16.8 Å². The molecular formula is C15H16N2O2S. The summed E-state index contributed by atoms with van der Waals surface area (Å²) >= 11 is 1.53. The molecule has 104 valence electrons. The van der Waals surface area contributed by atoms with Crippen molar-refractivity contribution < 1.29 is 9.90 Å². The third kappa shape index (κ3) is 2.69. The number of amides is 1. The molecule has 0 saturated carbocycles. The van der Waals surface area contributed by atoms with Crippen LogP contribution in [0, 0.1) is 0 Å². The Labute approximate surface area is 121 Å². The molecule has 0 spiro atoms. The van der Waals surface area contributed by atoms with E-state index in [4.69, 9.17) is 0 Å². The van der Waals surface area contributed by atoms with Gasteiger partial charge in [-0.3, -0.25) is 4.79 Å². The van der Waals surface area contributed by atoms with Gasteiger partial charge in [0.1, 0.15) is 6.04 Å². The highest BCUT2D eigenvalue weighted by Crippen LogP contribution is 2.25. The van der Waals surface area contributed by atoms with Crippen LogP contribution in [0.4, 0.5) is 5.69 Å². The molecule has 1 unspecified atom stereocenters. The van der Waals surface area contributed by atoms with Gasteiger partial charge in [0.15, 0.2) is 0 Å². The van der Waals surface area contributed by atoms with Crippen molar-refractivity contribution in [2.75, 3.05) is 11.9 Å². The normalized spacial score (nSPS) is 18.1. The van der Waals surface area contributed by atoms with Gasteiger partial charge in [0.2, 0.25) is 5.91 Å². The molecular weight excluding hydrogens is 272 g/mol. The Morgan fingerprint density at radius 2 is 2.30 bits per heavy atom. The molecule has 20 heavy (non-hydrogen) atoms. The van der Waals surface area contributed by atoms with Crippen molar-refractivity contribution in [3.8, 4) is 0 Å². The Morgan fingerprint density at radius 1 is 1.45 bits per heavy atom. The second kappa shape index (κ2) is 5.64. The van der Waals surface area contributed by atoms with Crippen molar-refractivity contribution in [2.24, 2.45) is 0 Å². The van der Waals surface area contributed by atoms with Gasteiger partial charge in [-0.2, -0.15) is 11.3 Å². The monoisotopic (exact) mass is 288 g/mol. The summed E-state index contributed by atoms with van der Waals surface area (Å²) in [5.41, 5.74) is 3.02. The first-order chi connectivity index (χ1) is 9.74. The number of aliphatic hydroxyl groups excluding tert-OH is 1. The van der Waals surface area contributed by atoms with Gasteiger partial charge in [-0.1, -0.05) is 18.2 Å². The van der Waals surface area contributed by atoms with E-state index in [1.807, 2.05) is 41.1 Å². The van der Waals surface area contributed by atoms with E-state index in [1.54, 1.807) is 0 Å². The van der Waals surface area contributed by atoms with Crippen molar-refractivity contribution in [2.45, 2.75) is 18.6 Å². The van der Waals surface area contributed by atoms with Gasteiger partial charge in [0.05, 0.1) is 6.10 Å². The number of hydrogen-bond donors (Lipinski definition) is 3. The maximum Gasteiger partial charge on any atom is 0.242 e. The summed E-state index contributed by atoms with van der Waals surface area (Å²) in [6.07, 6.45) is 0.0466. The molecule has 1 amide bonds. The number of thiophene rings is 1. The Morgan fingerprint density at radius 3 is 3.05 bits per heavy atom. The number of aliphatic hydroxyl groups is 1. The van der Waals surface area contributed by atoms with E-state index in [2.05, 4.69) is 10.6 Å². The lowest BCUT2D eigenvalue weighted by Crippen LogP contribution is -2.40. The van der Waals surface area contributed by atoms with Gasteiger partial charge in [-0.05, 0) is 34.0 Å². The van der Waals surface area contributed by atoms with Crippen LogP contribution in [0.25, 0.3) is 0 Å². The molecule has 0 aliphatic carbocycles. The van der Waals surface area contributed by atoms with Crippen LogP contribution in [0.2, 0.25) is 0 Å². The van der Waals surface area contributed by atoms with Crippen LogP contribution < -0.4 is 10.6 Å². The second-order valence-corrected chi connectivity index (χ2v) is 5.66. The first kappa shape index (κ1) is 13.1. The quantitative estimate of drug-likeness (QED) is 0.805. The number of nitrogens with one attached hydrogen (secondary N) is 2. The van der Waals surface area contributed by atoms with Gasteiger partial charge < -0.3 is 15.7 Å². The zero-order valence-corrected chi connectivity index (χ0v) is 11.7. The standard InChI is InChI=1S/C15H16N2O2S/c18-14(11-5-6-20-9-11)8-16-15(19)13-7-10-3-1-2-4-12(10)17-13/h1-6,9,13-14,17-18H,7-8H2,(H,16,19)/t13-,14?/m0/s1. The zero-order valence-electron chi connectivity index (χ0n) is 10.9. The molecule has 0 saturated heterocycles. The highest BCUT2D eigenvalue weighted by Gasteiger charge is 2.26. The van der Waals surface area contributed by atoms with E-state index in [-0.39, 0.29) is 18.5 Å². The van der Waals surface area contributed by atoms with Crippen molar-refractivity contribution in [1.82, 2.24) is 5.32 Å². The number of para-hydroxylation sites is 1. The molecule has 0 radical (unpaired) electrons. The van der Waals surface area contributed by atoms with Crippen LogP contribution in [0.1, 0.15) is 17.2 Å². The highest BCUT2D eigenvalue weighted by atomic mass is 32.1. The third-order valence-corrected chi connectivity index (χ3v) is 4.19. The molecule has 2 heterocycles. The Hall–Kier alpha value is -1.85. The van der Waals surface area contributed by atoms with E-state index in [9.17, 15) is 9.90 Å². The second-order valence-electron chi connectivity index (χ2n) is 4.88. The van der Waals surface area contributed by atoms with Gasteiger partial charge in [-0.15, -0.1) is 0 Å². The number of anilines is 1. The Bertz CT molecular complexity index is 573. The highest BCUT2D eigenvalue weighted by molar-refractivity contribution is 7.07. The minimum atomic E-state index is -0.644. The minimum Gasteiger partial charge on any atom is -0.387 e. The summed E-state index contributed by atoms with van der Waals surface area (Å²) < 4.78 is 0. The molecule has 0 bridgehead atoms. The topological polar surface area (TPSA) is 61.4 Å². The van der Waals surface area contributed by atoms with Crippen LogP contribution in [0.15, 0.2) is 41.1 Å². The maximum absolute atomic E-state index is 12.1. The van der Waals surface area contributed by atoms with Crippen LogP contribution in [-0.4, -0.2) is 23.6 Å². The molecule has 2 aromatic rings. The van der Waals surface area contributed by atoms with Gasteiger partial charge in [-0.25, -0.2) is 0 Å². The molecule has 3 N–H and O–H groups in total. The van der Waals surface area contributed by atoms with Gasteiger partial charge in [0.25, 0.3) is 0 Å². The molecule has 4 nitrogen and oxygen atoms in total. The van der Waals surface area contributed by atoms with Crippen molar-refractivity contribution in [1.29, 1.82) is 0 Å². The average molecular weight is 288 g/mol. The first-order valence-corrected chi connectivity index (χ1v) is 7.50. The molecule has 1 aromatic carbocycles. The maximum atomic E-state index is 12.1. The number of benzene rings is 1. The SMILES string of the molecule is O=C(NCC(O)c1ccsc1)[C@@H]1Cc2ccccc2N1. The summed E-state index contributed by atoms with van der Waals surface area (Å²) in [7, 11) is 0. The molecule has 3 rings (SSSR count). The molecule has 2 atom stereocenters. The van der Waals surface area contributed by atoms with Crippen LogP contribution in [0.5, 0.6) is 0 Å². The van der Waals surface area contributed by atoms with Crippen molar-refractivity contribution in [3.05, 3.63) is 52.2 Å². The minimum absolute atomic E-state index is 0.0736. The fraction of sp³-hybridized carbons (Fsp3) is 0.267. The Kier molecular flexibility index (Phi) is 3.71. The van der Waals surface area contributed by atoms with Crippen molar-refractivity contribution in [3.63, 3.8) is 0 Å². The number of hydrogen-bond acceptors (Lipinski definition) is 4. The summed E-state index contributed by atoms with van der Waals surface area (Å²) in [6.45, 7) is 0.240. The fourth-order valence-corrected chi connectivity index (χ4v) is 3.07. The van der Waals surface area contributed by atoms with E-state index in [0.29, 0.717) is 6.42 Å². The first-order valence-electron chi connectivity index (χ1n) is 6.56. The predicted molar refractivity (Wildman–Crippen MR) is 79.8 cm³/mol. The smallest absolute Gasteiger partial charge is 0.242 e. The molecule has 0 fully saturated rings. The third-order valence-electron chi connectivity index (χ3n) is 3.49. The van der Waals surface area contributed by atoms with Gasteiger partial charge in [0, 0.05) is 18.7 Å². The van der Waals surface area contributed by atoms with Gasteiger partial charge >= 0.3 is 0 Å². The fourth-order valence-electron chi connectivity index (χ4n) is 2.36. The Balaban J connectivity index is 1.54. The van der Waals surface area contributed by atoms with Crippen molar-refractivity contribution >= 4 is 22.9 Å². The zero-order chi connectivity index (χ0) is 13.9. The summed E-state index contributed by atoms with van der Waals surface area (Å²) in [5.74, 6) is -0.0736. The lowest BCUT2D eigenvalue weighted by molar-refractivity contribution is -0.122. The number of carbonyl (C=O) groups excluding carboxylic acids is 1. The average Bonchev–Trinajstić information content (AvgIpc) is 3.12. The predicted octanol–water partition coefficient (Wildman–Crippen LogP) is 1.93. The van der Waals surface area contributed by atoms with Crippen LogP contribution in [-0.2, 0) is 11.2 Å². The molecule has 1 aliphatic rings.